The molecule has 2 aromatic heterocycles. The number of fused-ring (bicyclic) bond motifs is 4. The minimum absolute atomic E-state index is 0.0118. The van der Waals surface area contributed by atoms with Crippen molar-refractivity contribution in [3.8, 4) is 50.5 Å². The maximum Gasteiger partial charge on any atom is 0.227 e. The van der Waals surface area contributed by atoms with Gasteiger partial charge in [-0.25, -0.2) is 4.98 Å². The van der Waals surface area contributed by atoms with Crippen molar-refractivity contribution in [3.63, 3.8) is 0 Å². The summed E-state index contributed by atoms with van der Waals surface area (Å²) in [5.41, 5.74) is 15.8. The molecule has 0 bridgehead atoms. The molecule has 0 aliphatic rings. The summed E-state index contributed by atoms with van der Waals surface area (Å²) in [5.74, 6) is 0.649. The molecular weight excluding hydrogens is 657 g/mol. The van der Waals surface area contributed by atoms with Crippen LogP contribution in [0.5, 0.6) is 0 Å². The Labute approximate surface area is 317 Å². The van der Waals surface area contributed by atoms with Gasteiger partial charge in [0.05, 0.1) is 11.0 Å². The highest BCUT2D eigenvalue weighted by Gasteiger charge is 2.26. The van der Waals surface area contributed by atoms with Crippen molar-refractivity contribution in [2.24, 2.45) is 0 Å². The summed E-state index contributed by atoms with van der Waals surface area (Å²) < 4.78 is 8.91. The van der Waals surface area contributed by atoms with E-state index in [4.69, 9.17) is 9.40 Å². The van der Waals surface area contributed by atoms with Crippen LogP contribution in [0, 0.1) is 0 Å². The van der Waals surface area contributed by atoms with Gasteiger partial charge in [-0.2, -0.15) is 0 Å². The number of hydrogen-bond donors (Lipinski definition) is 0. The lowest BCUT2D eigenvalue weighted by Gasteiger charge is -2.24. The zero-order chi connectivity index (χ0) is 37.2. The smallest absolute Gasteiger partial charge is 0.227 e. The van der Waals surface area contributed by atoms with Gasteiger partial charge in [-0.15, -0.1) is 0 Å². The molecule has 3 nitrogen and oxygen atoms in total. The summed E-state index contributed by atoms with van der Waals surface area (Å²) in [5, 5.41) is 2.54. The Morgan fingerprint density at radius 3 is 1.44 bits per heavy atom. The minimum atomic E-state index is -0.0748. The maximum absolute atomic E-state index is 6.54. The van der Waals surface area contributed by atoms with E-state index in [2.05, 4.69) is 204 Å². The van der Waals surface area contributed by atoms with Gasteiger partial charge in [0.1, 0.15) is 5.52 Å². The van der Waals surface area contributed by atoms with E-state index in [1.165, 1.54) is 60.8 Å². The number of para-hydroxylation sites is 2. The molecule has 0 saturated carbocycles. The molecular formula is C51H44N2O. The van der Waals surface area contributed by atoms with Crippen LogP contribution in [0.25, 0.3) is 83.4 Å². The van der Waals surface area contributed by atoms with Gasteiger partial charge >= 0.3 is 0 Å². The van der Waals surface area contributed by atoms with Gasteiger partial charge in [-0.05, 0) is 92.2 Å². The fourth-order valence-corrected chi connectivity index (χ4v) is 7.87. The van der Waals surface area contributed by atoms with Crippen LogP contribution >= 0.6 is 0 Å². The zero-order valence-electron chi connectivity index (χ0n) is 31.8. The molecule has 0 fully saturated rings. The molecule has 0 N–H and O–H groups in total. The van der Waals surface area contributed by atoms with Crippen molar-refractivity contribution < 1.29 is 4.42 Å². The third-order valence-electron chi connectivity index (χ3n) is 10.8. The first-order chi connectivity index (χ1) is 26.0. The Bertz CT molecular complexity index is 2770. The SMILES string of the molecule is CC(C)(C)c1cc(C(C)(C)C)c2oc(-c3ccc(-c4ccccc4-c4ccccc4-c4ccc(-n5c6ccccc6c6ccccc65)cc4)cc3)nc2c1. The Hall–Kier alpha value is -6.19. The summed E-state index contributed by atoms with van der Waals surface area (Å²) in [6, 6.07) is 56.9. The molecule has 0 radical (unpaired) electrons. The number of oxazole rings is 1. The Balaban J connectivity index is 1.07. The highest BCUT2D eigenvalue weighted by molar-refractivity contribution is 6.09. The van der Waals surface area contributed by atoms with Crippen molar-refractivity contribution in [1.29, 1.82) is 0 Å². The van der Waals surface area contributed by atoms with Gasteiger partial charge in [0.15, 0.2) is 5.58 Å². The third kappa shape index (κ3) is 5.81. The van der Waals surface area contributed by atoms with Crippen LogP contribution in [0.4, 0.5) is 0 Å². The van der Waals surface area contributed by atoms with Crippen molar-refractivity contribution in [2.45, 2.75) is 52.4 Å². The third-order valence-corrected chi connectivity index (χ3v) is 10.8. The van der Waals surface area contributed by atoms with Gasteiger partial charge in [0, 0.05) is 27.6 Å². The molecule has 9 rings (SSSR count). The summed E-state index contributed by atoms with van der Waals surface area (Å²) in [6.45, 7) is 13.5. The lowest BCUT2D eigenvalue weighted by molar-refractivity contribution is 0.552. The molecule has 3 heteroatoms. The van der Waals surface area contributed by atoms with Gasteiger partial charge < -0.3 is 8.98 Å². The van der Waals surface area contributed by atoms with Gasteiger partial charge in [0.25, 0.3) is 0 Å². The fraction of sp³-hybridized carbons (Fsp3) is 0.157. The van der Waals surface area contributed by atoms with E-state index in [9.17, 15) is 0 Å². The Morgan fingerprint density at radius 2 is 0.926 bits per heavy atom. The Morgan fingerprint density at radius 1 is 0.463 bits per heavy atom. The standard InChI is InChI=1S/C51H44N2O/c1-50(2,3)36-31-44(51(4,5)6)48-45(32-36)52-49(54-48)35-25-23-33(24-26-35)38-15-7-9-17-40(38)41-18-10-8-16-39(41)34-27-29-37(30-28-34)53-46-21-13-11-19-42(46)43-20-12-14-22-47(43)53/h7-32H,1-6H3. The molecule has 0 saturated heterocycles. The second-order valence-corrected chi connectivity index (χ2v) is 16.5. The Kier molecular flexibility index (Phi) is 7.94. The van der Waals surface area contributed by atoms with Crippen LogP contribution in [0.1, 0.15) is 52.7 Å². The lowest BCUT2D eigenvalue weighted by atomic mass is 9.80. The summed E-state index contributed by atoms with van der Waals surface area (Å²) >= 11 is 0. The fourth-order valence-electron chi connectivity index (χ4n) is 7.87. The molecule has 0 aliphatic carbocycles. The molecule has 2 heterocycles. The van der Waals surface area contributed by atoms with E-state index in [1.54, 1.807) is 0 Å². The van der Waals surface area contributed by atoms with Crippen LogP contribution in [0.15, 0.2) is 162 Å². The molecule has 264 valence electrons. The number of nitrogens with zero attached hydrogens (tertiary/aromatic N) is 2. The van der Waals surface area contributed by atoms with Crippen molar-refractivity contribution >= 4 is 32.9 Å². The largest absolute Gasteiger partial charge is 0.436 e. The summed E-state index contributed by atoms with van der Waals surface area (Å²) in [7, 11) is 0. The first-order valence-electron chi connectivity index (χ1n) is 18.9. The van der Waals surface area contributed by atoms with E-state index in [-0.39, 0.29) is 10.8 Å². The van der Waals surface area contributed by atoms with E-state index >= 15 is 0 Å². The maximum atomic E-state index is 6.54. The van der Waals surface area contributed by atoms with Crippen molar-refractivity contribution in [1.82, 2.24) is 9.55 Å². The number of rotatable bonds is 5. The van der Waals surface area contributed by atoms with Crippen molar-refractivity contribution in [2.75, 3.05) is 0 Å². The summed E-state index contributed by atoms with van der Waals surface area (Å²) in [6.07, 6.45) is 0. The first-order valence-corrected chi connectivity index (χ1v) is 18.9. The van der Waals surface area contributed by atoms with Crippen LogP contribution in [0.3, 0.4) is 0 Å². The molecule has 0 atom stereocenters. The molecule has 7 aromatic carbocycles. The van der Waals surface area contributed by atoms with Crippen LogP contribution < -0.4 is 0 Å². The molecule has 9 aromatic rings. The topological polar surface area (TPSA) is 31.0 Å². The van der Waals surface area contributed by atoms with E-state index in [0.29, 0.717) is 5.89 Å². The monoisotopic (exact) mass is 700 g/mol. The normalized spacial score (nSPS) is 12.3. The second-order valence-electron chi connectivity index (χ2n) is 16.5. The highest BCUT2D eigenvalue weighted by Crippen LogP contribution is 2.41. The predicted octanol–water partition coefficient (Wildman–Crippen LogP) is 14.2. The van der Waals surface area contributed by atoms with Gasteiger partial charge in [0.2, 0.25) is 5.89 Å². The molecule has 54 heavy (non-hydrogen) atoms. The highest BCUT2D eigenvalue weighted by atomic mass is 16.3. The quantitative estimate of drug-likeness (QED) is 0.179. The summed E-state index contributed by atoms with van der Waals surface area (Å²) in [4.78, 5) is 5.03. The molecule has 0 aliphatic heterocycles. The van der Waals surface area contributed by atoms with Gasteiger partial charge in [-0.3, -0.25) is 0 Å². The minimum Gasteiger partial charge on any atom is -0.436 e. The second kappa shape index (κ2) is 12.7. The number of benzene rings is 7. The molecule has 0 spiro atoms. The molecule has 0 unspecified atom stereocenters. The zero-order valence-corrected chi connectivity index (χ0v) is 31.8. The van der Waals surface area contributed by atoms with Crippen LogP contribution in [0.2, 0.25) is 0 Å². The van der Waals surface area contributed by atoms with Gasteiger partial charge in [-0.1, -0.05) is 157 Å². The predicted molar refractivity (Wildman–Crippen MR) is 227 cm³/mol. The van der Waals surface area contributed by atoms with Crippen LogP contribution in [-0.2, 0) is 10.8 Å². The van der Waals surface area contributed by atoms with E-state index in [1.807, 2.05) is 0 Å². The lowest BCUT2D eigenvalue weighted by Crippen LogP contribution is -2.16. The molecule has 0 amide bonds. The van der Waals surface area contributed by atoms with E-state index in [0.717, 1.165) is 27.9 Å². The van der Waals surface area contributed by atoms with Crippen LogP contribution in [-0.4, -0.2) is 9.55 Å². The average Bonchev–Trinajstić information content (AvgIpc) is 3.77. The first kappa shape index (κ1) is 33.6. The van der Waals surface area contributed by atoms with E-state index < -0.39 is 0 Å². The number of hydrogen-bond acceptors (Lipinski definition) is 2. The average molecular weight is 701 g/mol. The number of aromatic nitrogens is 2. The van der Waals surface area contributed by atoms with Crippen molar-refractivity contribution in [3.05, 3.63) is 169 Å².